The Kier molecular flexibility index (Phi) is 3.70. The van der Waals surface area contributed by atoms with Gasteiger partial charge in [0.2, 0.25) is 0 Å². The molecule has 1 heterocycles. The van der Waals surface area contributed by atoms with E-state index in [0.717, 1.165) is 5.56 Å². The highest BCUT2D eigenvalue weighted by atomic mass is 16.5. The lowest BCUT2D eigenvalue weighted by atomic mass is 10.2. The van der Waals surface area contributed by atoms with E-state index in [1.165, 1.54) is 6.08 Å². The molecule has 86 valence electrons. The van der Waals surface area contributed by atoms with Gasteiger partial charge in [0.15, 0.2) is 0 Å². The van der Waals surface area contributed by atoms with Gasteiger partial charge in [0, 0.05) is 18.5 Å². The van der Waals surface area contributed by atoms with E-state index in [2.05, 4.69) is 9.97 Å². The van der Waals surface area contributed by atoms with Crippen LogP contribution in [0.3, 0.4) is 0 Å². The molecule has 4 heteroatoms. The molecule has 0 bridgehead atoms. The fourth-order valence-corrected chi connectivity index (χ4v) is 1.29. The summed E-state index contributed by atoms with van der Waals surface area (Å²) in [6, 6.07) is 9.54. The molecule has 0 aliphatic carbocycles. The summed E-state index contributed by atoms with van der Waals surface area (Å²) >= 11 is 0. The molecule has 2 rings (SSSR count). The number of benzene rings is 1. The van der Waals surface area contributed by atoms with Crippen LogP contribution in [0, 0.1) is 0 Å². The van der Waals surface area contributed by atoms with Gasteiger partial charge < -0.3 is 9.72 Å². The molecule has 0 aliphatic heterocycles. The second-order valence-corrected chi connectivity index (χ2v) is 3.40. The summed E-state index contributed by atoms with van der Waals surface area (Å²) in [5, 5.41) is 0. The maximum absolute atomic E-state index is 11.4. The number of carbonyl (C=O) groups excluding carboxylic acids is 1. The van der Waals surface area contributed by atoms with Crippen molar-refractivity contribution in [2.24, 2.45) is 0 Å². The van der Waals surface area contributed by atoms with Crippen LogP contribution < -0.4 is 0 Å². The molecule has 0 atom stereocenters. The molecule has 0 aliphatic rings. The number of hydrogen-bond acceptors (Lipinski definition) is 3. The van der Waals surface area contributed by atoms with Crippen LogP contribution in [0.5, 0.6) is 0 Å². The first-order chi connectivity index (χ1) is 8.34. The van der Waals surface area contributed by atoms with Crippen LogP contribution in [0.4, 0.5) is 0 Å². The van der Waals surface area contributed by atoms with Gasteiger partial charge in [-0.05, 0) is 11.6 Å². The topological polar surface area (TPSA) is 55.0 Å². The van der Waals surface area contributed by atoms with Gasteiger partial charge in [-0.2, -0.15) is 0 Å². The number of rotatable bonds is 4. The molecule has 1 N–H and O–H groups in total. The Morgan fingerprint density at radius 2 is 2.18 bits per heavy atom. The van der Waals surface area contributed by atoms with Crippen molar-refractivity contribution in [1.82, 2.24) is 9.97 Å². The van der Waals surface area contributed by atoms with Gasteiger partial charge in [0.05, 0.1) is 0 Å². The summed E-state index contributed by atoms with van der Waals surface area (Å²) < 4.78 is 5.06. The molecule has 2 aromatic rings. The van der Waals surface area contributed by atoms with Crippen LogP contribution in [-0.2, 0) is 16.1 Å². The summed E-state index contributed by atoms with van der Waals surface area (Å²) in [6.45, 7) is 0.280. The zero-order valence-electron chi connectivity index (χ0n) is 9.17. The molecule has 1 aromatic carbocycles. The summed E-state index contributed by atoms with van der Waals surface area (Å²) in [6.07, 6.45) is 6.24. The van der Waals surface area contributed by atoms with Crippen molar-refractivity contribution >= 4 is 12.0 Å². The van der Waals surface area contributed by atoms with Gasteiger partial charge >= 0.3 is 5.97 Å². The fraction of sp³-hybridized carbons (Fsp3) is 0.0769. The van der Waals surface area contributed by atoms with Gasteiger partial charge in [0.1, 0.15) is 12.4 Å². The molecule has 0 radical (unpaired) electrons. The van der Waals surface area contributed by atoms with Crippen LogP contribution in [0.25, 0.3) is 6.08 Å². The van der Waals surface area contributed by atoms with E-state index in [1.807, 2.05) is 30.3 Å². The van der Waals surface area contributed by atoms with Crippen LogP contribution in [0.2, 0.25) is 0 Å². The number of H-pyrrole nitrogens is 1. The number of aromatic amines is 1. The second kappa shape index (κ2) is 5.65. The van der Waals surface area contributed by atoms with E-state index in [-0.39, 0.29) is 12.6 Å². The highest BCUT2D eigenvalue weighted by molar-refractivity contribution is 5.86. The molecular formula is C13H12N2O2. The molecule has 0 fully saturated rings. The molecule has 0 spiro atoms. The number of nitrogens with one attached hydrogen (secondary N) is 1. The standard InChI is InChI=1S/C13H12N2O2/c16-13(7-6-12-14-8-9-15-12)17-10-11-4-2-1-3-5-11/h1-9H,10H2,(H,14,15)/b7-6+. The maximum atomic E-state index is 11.4. The van der Waals surface area contributed by atoms with Crippen molar-refractivity contribution in [2.75, 3.05) is 0 Å². The minimum absolute atomic E-state index is 0.280. The zero-order valence-corrected chi connectivity index (χ0v) is 9.17. The van der Waals surface area contributed by atoms with E-state index in [9.17, 15) is 4.79 Å². The first-order valence-corrected chi connectivity index (χ1v) is 5.23. The zero-order chi connectivity index (χ0) is 11.9. The van der Waals surface area contributed by atoms with E-state index < -0.39 is 0 Å². The third kappa shape index (κ3) is 3.61. The third-order valence-corrected chi connectivity index (χ3v) is 2.12. The predicted octanol–water partition coefficient (Wildman–Crippen LogP) is 2.17. The summed E-state index contributed by atoms with van der Waals surface area (Å²) in [5.74, 6) is 0.243. The fourth-order valence-electron chi connectivity index (χ4n) is 1.29. The Morgan fingerprint density at radius 1 is 1.35 bits per heavy atom. The highest BCUT2D eigenvalue weighted by Crippen LogP contribution is 2.01. The maximum Gasteiger partial charge on any atom is 0.331 e. The van der Waals surface area contributed by atoms with Crippen molar-refractivity contribution in [3.8, 4) is 0 Å². The van der Waals surface area contributed by atoms with Crippen molar-refractivity contribution in [3.05, 3.63) is 60.2 Å². The Labute approximate surface area is 99.0 Å². The minimum atomic E-state index is -0.384. The van der Waals surface area contributed by atoms with E-state index in [1.54, 1.807) is 18.5 Å². The van der Waals surface area contributed by atoms with Gasteiger partial charge in [-0.25, -0.2) is 9.78 Å². The van der Waals surface area contributed by atoms with E-state index in [4.69, 9.17) is 4.74 Å². The van der Waals surface area contributed by atoms with Crippen LogP contribution in [0.1, 0.15) is 11.4 Å². The molecule has 17 heavy (non-hydrogen) atoms. The third-order valence-electron chi connectivity index (χ3n) is 2.12. The summed E-state index contributed by atoms with van der Waals surface area (Å²) in [4.78, 5) is 18.2. The first-order valence-electron chi connectivity index (χ1n) is 5.23. The van der Waals surface area contributed by atoms with Gasteiger partial charge in [0.25, 0.3) is 0 Å². The largest absolute Gasteiger partial charge is 0.458 e. The number of carbonyl (C=O) groups is 1. The Morgan fingerprint density at radius 3 is 2.88 bits per heavy atom. The SMILES string of the molecule is O=C(/C=C/c1ncc[nH]1)OCc1ccccc1. The van der Waals surface area contributed by atoms with Crippen molar-refractivity contribution < 1.29 is 9.53 Å². The van der Waals surface area contributed by atoms with Crippen LogP contribution >= 0.6 is 0 Å². The highest BCUT2D eigenvalue weighted by Gasteiger charge is 1.98. The smallest absolute Gasteiger partial charge is 0.331 e. The van der Waals surface area contributed by atoms with Crippen molar-refractivity contribution in [2.45, 2.75) is 6.61 Å². The lowest BCUT2D eigenvalue weighted by molar-refractivity contribution is -0.138. The van der Waals surface area contributed by atoms with Gasteiger partial charge in [-0.3, -0.25) is 0 Å². The van der Waals surface area contributed by atoms with Crippen LogP contribution in [-0.4, -0.2) is 15.9 Å². The monoisotopic (exact) mass is 228 g/mol. The second-order valence-electron chi connectivity index (χ2n) is 3.40. The molecule has 4 nitrogen and oxygen atoms in total. The lowest BCUT2D eigenvalue weighted by Gasteiger charge is -2.00. The summed E-state index contributed by atoms with van der Waals surface area (Å²) in [7, 11) is 0. The number of ether oxygens (including phenoxy) is 1. The van der Waals surface area contributed by atoms with Crippen molar-refractivity contribution in [1.29, 1.82) is 0 Å². The predicted molar refractivity (Wildman–Crippen MR) is 63.9 cm³/mol. The number of aromatic nitrogens is 2. The average molecular weight is 228 g/mol. The number of nitrogens with zero attached hydrogens (tertiary/aromatic N) is 1. The van der Waals surface area contributed by atoms with E-state index >= 15 is 0 Å². The van der Waals surface area contributed by atoms with Gasteiger partial charge in [-0.15, -0.1) is 0 Å². The van der Waals surface area contributed by atoms with E-state index in [0.29, 0.717) is 5.82 Å². The normalized spacial score (nSPS) is 10.6. The average Bonchev–Trinajstić information content (AvgIpc) is 2.88. The van der Waals surface area contributed by atoms with Gasteiger partial charge in [-0.1, -0.05) is 30.3 Å². The number of esters is 1. The molecule has 1 aromatic heterocycles. The Balaban J connectivity index is 1.82. The van der Waals surface area contributed by atoms with Crippen molar-refractivity contribution in [3.63, 3.8) is 0 Å². The van der Waals surface area contributed by atoms with Crippen LogP contribution in [0.15, 0.2) is 48.8 Å². The molecule has 0 saturated heterocycles. The summed E-state index contributed by atoms with van der Waals surface area (Å²) in [5.41, 5.74) is 0.965. The Bertz CT molecular complexity index is 489. The lowest BCUT2D eigenvalue weighted by Crippen LogP contribution is -2.00. The molecule has 0 saturated carbocycles. The molecule has 0 amide bonds. The number of imidazole rings is 1. The number of hydrogen-bond donors (Lipinski definition) is 1. The quantitative estimate of drug-likeness (QED) is 0.644. The Hall–Kier alpha value is -2.36. The first kappa shape index (κ1) is 11.1. The molecule has 0 unspecified atom stereocenters. The minimum Gasteiger partial charge on any atom is -0.458 e. The molecular weight excluding hydrogens is 216 g/mol.